The minimum atomic E-state index is -0.833. The normalized spacial score (nSPS) is 14.9. The van der Waals surface area contributed by atoms with E-state index in [1.54, 1.807) is 0 Å². The van der Waals surface area contributed by atoms with Crippen LogP contribution in [0, 0.1) is 6.92 Å². The summed E-state index contributed by atoms with van der Waals surface area (Å²) in [6.45, 7) is 4.07. The third-order valence-electron chi connectivity index (χ3n) is 2.37. The molecule has 0 fully saturated rings. The van der Waals surface area contributed by atoms with Crippen molar-refractivity contribution in [3.05, 3.63) is 35.4 Å². The first kappa shape index (κ1) is 12.4. The van der Waals surface area contributed by atoms with Gasteiger partial charge in [-0.1, -0.05) is 36.8 Å². The molecule has 1 rings (SSSR count). The Kier molecular flexibility index (Phi) is 4.99. The van der Waals surface area contributed by atoms with Crippen LogP contribution in [0.3, 0.4) is 0 Å². The standard InChI is InChI=1S/C12H19NOS/c1-3-12(13)9-15(14)8-11-6-4-10(2)5-7-11/h4-7,12H,3,8-9,13H2,1-2H3. The molecule has 0 saturated heterocycles. The summed E-state index contributed by atoms with van der Waals surface area (Å²) in [6.07, 6.45) is 0.889. The smallest absolute Gasteiger partial charge is 0.0486 e. The molecule has 0 heterocycles. The molecule has 84 valence electrons. The van der Waals surface area contributed by atoms with E-state index in [0.29, 0.717) is 11.5 Å². The number of aryl methyl sites for hydroxylation is 1. The van der Waals surface area contributed by atoms with E-state index < -0.39 is 10.8 Å². The molecule has 3 heteroatoms. The summed E-state index contributed by atoms with van der Waals surface area (Å²) in [5.41, 5.74) is 8.12. The molecule has 2 nitrogen and oxygen atoms in total. The van der Waals surface area contributed by atoms with Crippen molar-refractivity contribution in [3.63, 3.8) is 0 Å². The van der Waals surface area contributed by atoms with Crippen LogP contribution in [-0.4, -0.2) is 16.0 Å². The summed E-state index contributed by atoms with van der Waals surface area (Å²) < 4.78 is 11.7. The van der Waals surface area contributed by atoms with E-state index in [-0.39, 0.29) is 6.04 Å². The molecule has 2 N–H and O–H groups in total. The van der Waals surface area contributed by atoms with Gasteiger partial charge >= 0.3 is 0 Å². The maximum Gasteiger partial charge on any atom is 0.0486 e. The number of hydrogen-bond donors (Lipinski definition) is 1. The zero-order chi connectivity index (χ0) is 11.3. The lowest BCUT2D eigenvalue weighted by Crippen LogP contribution is -2.26. The molecule has 0 bridgehead atoms. The highest BCUT2D eigenvalue weighted by atomic mass is 32.2. The molecule has 2 atom stereocenters. The van der Waals surface area contributed by atoms with E-state index >= 15 is 0 Å². The van der Waals surface area contributed by atoms with E-state index in [2.05, 4.69) is 0 Å². The fourth-order valence-electron chi connectivity index (χ4n) is 1.29. The van der Waals surface area contributed by atoms with Crippen molar-refractivity contribution < 1.29 is 4.21 Å². The Bertz CT molecular complexity index is 321. The molecule has 0 radical (unpaired) electrons. The van der Waals surface area contributed by atoms with Gasteiger partial charge in [0.05, 0.1) is 0 Å². The molecule has 0 aliphatic carbocycles. The Hall–Kier alpha value is -0.670. The number of hydrogen-bond acceptors (Lipinski definition) is 2. The van der Waals surface area contributed by atoms with Crippen LogP contribution in [0.25, 0.3) is 0 Å². The Morgan fingerprint density at radius 1 is 1.33 bits per heavy atom. The molecular weight excluding hydrogens is 206 g/mol. The largest absolute Gasteiger partial charge is 0.327 e. The van der Waals surface area contributed by atoms with E-state index in [9.17, 15) is 4.21 Å². The van der Waals surface area contributed by atoms with Gasteiger partial charge in [0.25, 0.3) is 0 Å². The molecule has 1 aromatic rings. The molecule has 0 aliphatic rings. The minimum Gasteiger partial charge on any atom is -0.327 e. The van der Waals surface area contributed by atoms with Crippen molar-refractivity contribution in [3.8, 4) is 0 Å². The lowest BCUT2D eigenvalue weighted by Gasteiger charge is -2.08. The lowest BCUT2D eigenvalue weighted by molar-refractivity contribution is 0.663. The summed E-state index contributed by atoms with van der Waals surface area (Å²) in [4.78, 5) is 0. The SMILES string of the molecule is CCC(N)CS(=O)Cc1ccc(C)cc1. The average Bonchev–Trinajstić information content (AvgIpc) is 2.21. The fourth-order valence-corrected chi connectivity index (χ4v) is 2.68. The van der Waals surface area contributed by atoms with Crippen molar-refractivity contribution in [2.24, 2.45) is 5.73 Å². The van der Waals surface area contributed by atoms with Crippen molar-refractivity contribution in [1.29, 1.82) is 0 Å². The van der Waals surface area contributed by atoms with Crippen molar-refractivity contribution in [2.75, 3.05) is 5.75 Å². The maximum atomic E-state index is 11.7. The molecule has 0 spiro atoms. The fraction of sp³-hybridized carbons (Fsp3) is 0.500. The van der Waals surface area contributed by atoms with E-state index in [0.717, 1.165) is 12.0 Å². The van der Waals surface area contributed by atoms with E-state index in [4.69, 9.17) is 5.73 Å². The van der Waals surface area contributed by atoms with Crippen LogP contribution >= 0.6 is 0 Å². The van der Waals surface area contributed by atoms with Crippen molar-refractivity contribution in [1.82, 2.24) is 0 Å². The third-order valence-corrected chi connectivity index (χ3v) is 3.83. The molecule has 15 heavy (non-hydrogen) atoms. The Morgan fingerprint density at radius 3 is 2.47 bits per heavy atom. The predicted octanol–water partition coefficient (Wildman–Crippen LogP) is 1.98. The number of rotatable bonds is 5. The molecule has 0 saturated carbocycles. The van der Waals surface area contributed by atoms with Crippen LogP contribution in [-0.2, 0) is 16.6 Å². The average molecular weight is 225 g/mol. The van der Waals surface area contributed by atoms with Gasteiger partial charge in [0.15, 0.2) is 0 Å². The van der Waals surface area contributed by atoms with Crippen LogP contribution < -0.4 is 5.73 Å². The molecule has 0 aromatic heterocycles. The van der Waals surface area contributed by atoms with Gasteiger partial charge in [-0.3, -0.25) is 4.21 Å². The summed E-state index contributed by atoms with van der Waals surface area (Å²) >= 11 is 0. The molecular formula is C12H19NOS. The van der Waals surface area contributed by atoms with Crippen molar-refractivity contribution >= 4 is 10.8 Å². The van der Waals surface area contributed by atoms with Gasteiger partial charge in [-0.2, -0.15) is 0 Å². The topological polar surface area (TPSA) is 43.1 Å². The monoisotopic (exact) mass is 225 g/mol. The van der Waals surface area contributed by atoms with Crippen LogP contribution in [0.5, 0.6) is 0 Å². The zero-order valence-corrected chi connectivity index (χ0v) is 10.2. The van der Waals surface area contributed by atoms with Gasteiger partial charge < -0.3 is 5.73 Å². The molecule has 2 unspecified atom stereocenters. The predicted molar refractivity (Wildman–Crippen MR) is 66.2 cm³/mol. The van der Waals surface area contributed by atoms with E-state index in [1.165, 1.54) is 5.56 Å². The molecule has 1 aromatic carbocycles. The van der Waals surface area contributed by atoms with Gasteiger partial charge in [-0.25, -0.2) is 0 Å². The Morgan fingerprint density at radius 2 is 1.93 bits per heavy atom. The van der Waals surface area contributed by atoms with Gasteiger partial charge in [0.2, 0.25) is 0 Å². The van der Waals surface area contributed by atoms with Gasteiger partial charge in [0, 0.05) is 28.3 Å². The lowest BCUT2D eigenvalue weighted by atomic mass is 10.2. The van der Waals surface area contributed by atoms with Gasteiger partial charge in [0.1, 0.15) is 0 Å². The highest BCUT2D eigenvalue weighted by Crippen LogP contribution is 2.06. The first-order valence-corrected chi connectivity index (χ1v) is 6.76. The maximum absolute atomic E-state index is 11.7. The summed E-state index contributed by atoms with van der Waals surface area (Å²) in [7, 11) is -0.833. The molecule has 0 amide bonds. The zero-order valence-electron chi connectivity index (χ0n) is 9.40. The number of benzene rings is 1. The molecule has 0 aliphatic heterocycles. The Balaban J connectivity index is 2.48. The van der Waals surface area contributed by atoms with Gasteiger partial charge in [-0.15, -0.1) is 0 Å². The highest BCUT2D eigenvalue weighted by molar-refractivity contribution is 7.84. The van der Waals surface area contributed by atoms with Crippen LogP contribution in [0.4, 0.5) is 0 Å². The van der Waals surface area contributed by atoms with Gasteiger partial charge in [-0.05, 0) is 18.9 Å². The number of nitrogens with two attached hydrogens (primary N) is 1. The Labute approximate surface area is 94.3 Å². The van der Waals surface area contributed by atoms with Crippen molar-refractivity contribution in [2.45, 2.75) is 32.1 Å². The van der Waals surface area contributed by atoms with E-state index in [1.807, 2.05) is 38.1 Å². The van der Waals surface area contributed by atoms with Crippen LogP contribution in [0.2, 0.25) is 0 Å². The summed E-state index contributed by atoms with van der Waals surface area (Å²) in [6, 6.07) is 8.23. The second-order valence-electron chi connectivity index (χ2n) is 3.90. The third kappa shape index (κ3) is 4.58. The minimum absolute atomic E-state index is 0.0660. The highest BCUT2D eigenvalue weighted by Gasteiger charge is 2.06. The second-order valence-corrected chi connectivity index (χ2v) is 5.41. The first-order valence-electron chi connectivity index (χ1n) is 5.28. The first-order chi connectivity index (χ1) is 7.11. The second kappa shape index (κ2) is 6.03. The quantitative estimate of drug-likeness (QED) is 0.832. The van der Waals surface area contributed by atoms with Crippen LogP contribution in [0.15, 0.2) is 24.3 Å². The van der Waals surface area contributed by atoms with Crippen LogP contribution in [0.1, 0.15) is 24.5 Å². The summed E-state index contributed by atoms with van der Waals surface area (Å²) in [5.74, 6) is 1.22. The summed E-state index contributed by atoms with van der Waals surface area (Å²) in [5, 5.41) is 0.